The number of amides is 1. The van der Waals surface area contributed by atoms with Crippen molar-refractivity contribution < 1.29 is 4.79 Å². The fourth-order valence-corrected chi connectivity index (χ4v) is 4.40. The summed E-state index contributed by atoms with van der Waals surface area (Å²) in [5.74, 6) is 3.01. The van der Waals surface area contributed by atoms with E-state index >= 15 is 0 Å². The average Bonchev–Trinajstić information content (AvgIpc) is 2.59. The van der Waals surface area contributed by atoms with Crippen molar-refractivity contribution in [3.8, 4) is 0 Å². The van der Waals surface area contributed by atoms with Crippen LogP contribution in [0.25, 0.3) is 0 Å². The van der Waals surface area contributed by atoms with Gasteiger partial charge in [0.1, 0.15) is 0 Å². The van der Waals surface area contributed by atoms with Crippen molar-refractivity contribution in [2.75, 3.05) is 65.7 Å². The van der Waals surface area contributed by atoms with Crippen LogP contribution in [0.2, 0.25) is 0 Å². The number of thioether (sulfide) groups is 1. The van der Waals surface area contributed by atoms with Gasteiger partial charge in [0.05, 0.1) is 0 Å². The lowest BCUT2D eigenvalue weighted by Gasteiger charge is -2.36. The summed E-state index contributed by atoms with van der Waals surface area (Å²) in [6, 6.07) is 0. The average molecular weight is 483 g/mol. The molecule has 25 heavy (non-hydrogen) atoms. The molecule has 2 heterocycles. The third-order valence-electron chi connectivity index (χ3n) is 4.83. The minimum Gasteiger partial charge on any atom is -0.356 e. The summed E-state index contributed by atoms with van der Waals surface area (Å²) in [4.78, 5) is 23.3. The summed E-state index contributed by atoms with van der Waals surface area (Å²) < 4.78 is 0. The van der Waals surface area contributed by atoms with Gasteiger partial charge in [-0.3, -0.25) is 9.79 Å². The molecule has 6 nitrogen and oxygen atoms in total. The number of carbonyl (C=O) groups is 1. The smallest absolute Gasteiger partial charge is 0.224 e. The molecule has 0 radical (unpaired) electrons. The van der Waals surface area contributed by atoms with E-state index in [1.807, 2.05) is 11.9 Å². The van der Waals surface area contributed by atoms with Crippen molar-refractivity contribution in [2.45, 2.75) is 25.5 Å². The lowest BCUT2D eigenvalue weighted by Crippen LogP contribution is -2.50. The highest BCUT2D eigenvalue weighted by Crippen LogP contribution is 2.24. The van der Waals surface area contributed by atoms with E-state index in [0.29, 0.717) is 24.1 Å². The van der Waals surface area contributed by atoms with Crippen LogP contribution in [0.4, 0.5) is 0 Å². The Balaban J connectivity index is 0.00000312. The predicted octanol–water partition coefficient (Wildman–Crippen LogP) is 1.42. The zero-order chi connectivity index (χ0) is 17.5. The zero-order valence-electron chi connectivity index (χ0n) is 16.0. The van der Waals surface area contributed by atoms with Crippen molar-refractivity contribution in [3.05, 3.63) is 0 Å². The standard InChI is InChI=1S/C17H33N5OS.HI/c1-14(2)15-13-22(11-12-24-15)17(18-3)19-6-5-16(23)21-9-7-20(4)8-10-21;/h14-15H,5-13H2,1-4H3,(H,18,19);1H. The van der Waals surface area contributed by atoms with E-state index in [1.54, 1.807) is 0 Å². The van der Waals surface area contributed by atoms with E-state index < -0.39 is 0 Å². The van der Waals surface area contributed by atoms with Crippen LogP contribution in [0.5, 0.6) is 0 Å². The van der Waals surface area contributed by atoms with Crippen LogP contribution in [-0.2, 0) is 4.79 Å². The maximum atomic E-state index is 12.3. The fourth-order valence-electron chi connectivity index (χ4n) is 3.10. The Bertz CT molecular complexity index is 441. The maximum Gasteiger partial charge on any atom is 0.224 e. The van der Waals surface area contributed by atoms with E-state index in [-0.39, 0.29) is 29.9 Å². The van der Waals surface area contributed by atoms with Crippen LogP contribution >= 0.6 is 35.7 Å². The molecule has 2 aliphatic rings. The molecule has 2 saturated heterocycles. The number of halogens is 1. The minimum atomic E-state index is 0. The van der Waals surface area contributed by atoms with Crippen molar-refractivity contribution in [2.24, 2.45) is 10.9 Å². The van der Waals surface area contributed by atoms with Crippen LogP contribution in [0.15, 0.2) is 4.99 Å². The predicted molar refractivity (Wildman–Crippen MR) is 118 cm³/mol. The largest absolute Gasteiger partial charge is 0.356 e. The van der Waals surface area contributed by atoms with Crippen LogP contribution in [0, 0.1) is 5.92 Å². The summed E-state index contributed by atoms with van der Waals surface area (Å²) >= 11 is 2.06. The molecule has 1 N–H and O–H groups in total. The molecule has 0 saturated carbocycles. The summed E-state index contributed by atoms with van der Waals surface area (Å²) in [7, 11) is 3.94. The molecule has 2 rings (SSSR count). The van der Waals surface area contributed by atoms with Gasteiger partial charge in [0.15, 0.2) is 5.96 Å². The topological polar surface area (TPSA) is 51.2 Å². The van der Waals surface area contributed by atoms with E-state index in [0.717, 1.165) is 51.0 Å². The highest BCUT2D eigenvalue weighted by atomic mass is 127. The van der Waals surface area contributed by atoms with Crippen LogP contribution in [0.1, 0.15) is 20.3 Å². The monoisotopic (exact) mass is 483 g/mol. The molecule has 0 aromatic rings. The molecule has 0 bridgehead atoms. The first-order chi connectivity index (χ1) is 11.5. The second-order valence-corrected chi connectivity index (χ2v) is 8.35. The number of aliphatic imine (C=N–C) groups is 1. The normalized spacial score (nSPS) is 22.8. The fraction of sp³-hybridized carbons (Fsp3) is 0.882. The SMILES string of the molecule is CN=C(NCCC(=O)N1CCN(C)CC1)N1CCSC(C(C)C)C1.I. The van der Waals surface area contributed by atoms with Gasteiger partial charge in [-0.2, -0.15) is 11.8 Å². The number of carbonyl (C=O) groups excluding carboxylic acids is 1. The number of nitrogens with zero attached hydrogens (tertiary/aromatic N) is 4. The zero-order valence-corrected chi connectivity index (χ0v) is 19.2. The van der Waals surface area contributed by atoms with Crippen molar-refractivity contribution >= 4 is 47.6 Å². The van der Waals surface area contributed by atoms with Gasteiger partial charge in [0.25, 0.3) is 0 Å². The van der Waals surface area contributed by atoms with Gasteiger partial charge in [-0.05, 0) is 13.0 Å². The quantitative estimate of drug-likeness (QED) is 0.373. The highest BCUT2D eigenvalue weighted by Gasteiger charge is 2.25. The van der Waals surface area contributed by atoms with E-state index in [9.17, 15) is 4.79 Å². The summed E-state index contributed by atoms with van der Waals surface area (Å²) in [6.45, 7) is 10.9. The van der Waals surface area contributed by atoms with Gasteiger partial charge in [-0.25, -0.2) is 0 Å². The summed E-state index contributed by atoms with van der Waals surface area (Å²) in [5, 5.41) is 4.04. The molecule has 8 heteroatoms. The molecule has 1 unspecified atom stereocenters. The number of guanidine groups is 1. The first kappa shape index (κ1) is 22.8. The van der Waals surface area contributed by atoms with Gasteiger partial charge < -0.3 is 20.0 Å². The van der Waals surface area contributed by atoms with E-state index in [4.69, 9.17) is 0 Å². The van der Waals surface area contributed by atoms with Crippen molar-refractivity contribution in [3.63, 3.8) is 0 Å². The molecular weight excluding hydrogens is 449 g/mol. The third-order valence-corrected chi connectivity index (χ3v) is 6.37. The molecule has 0 aromatic carbocycles. The molecule has 1 atom stereocenters. The summed E-state index contributed by atoms with van der Waals surface area (Å²) in [6.07, 6.45) is 0.541. The molecule has 146 valence electrons. The number of likely N-dealkylation sites (N-methyl/N-ethyl adjacent to an activating group) is 1. The van der Waals surface area contributed by atoms with Gasteiger partial charge in [-0.1, -0.05) is 13.8 Å². The molecule has 0 aromatic heterocycles. The number of rotatable bonds is 4. The molecule has 2 aliphatic heterocycles. The lowest BCUT2D eigenvalue weighted by molar-refractivity contribution is -0.132. The second kappa shape index (κ2) is 11.5. The Morgan fingerprint density at radius 2 is 1.88 bits per heavy atom. The molecular formula is C17H34IN5OS. The first-order valence-electron chi connectivity index (χ1n) is 9.04. The number of piperazine rings is 1. The Morgan fingerprint density at radius 3 is 2.48 bits per heavy atom. The molecule has 2 fully saturated rings. The van der Waals surface area contributed by atoms with E-state index in [2.05, 4.69) is 52.8 Å². The Hall–Kier alpha value is -0.220. The number of hydrogen-bond acceptors (Lipinski definition) is 4. The Morgan fingerprint density at radius 1 is 1.20 bits per heavy atom. The molecule has 0 spiro atoms. The van der Waals surface area contributed by atoms with Gasteiger partial charge in [-0.15, -0.1) is 24.0 Å². The molecule has 0 aliphatic carbocycles. The van der Waals surface area contributed by atoms with E-state index in [1.165, 1.54) is 0 Å². The van der Waals surface area contributed by atoms with Gasteiger partial charge in [0.2, 0.25) is 5.91 Å². The number of nitrogens with one attached hydrogen (secondary N) is 1. The summed E-state index contributed by atoms with van der Waals surface area (Å²) in [5.41, 5.74) is 0. The van der Waals surface area contributed by atoms with Crippen LogP contribution in [-0.4, -0.2) is 97.5 Å². The Labute approximate surface area is 174 Å². The molecule has 1 amide bonds. The van der Waals surface area contributed by atoms with Gasteiger partial charge >= 0.3 is 0 Å². The van der Waals surface area contributed by atoms with Crippen LogP contribution in [0.3, 0.4) is 0 Å². The Kier molecular flexibility index (Phi) is 10.5. The minimum absolute atomic E-state index is 0. The first-order valence-corrected chi connectivity index (χ1v) is 10.1. The highest BCUT2D eigenvalue weighted by molar-refractivity contribution is 14.0. The lowest BCUT2D eigenvalue weighted by atomic mass is 10.1. The van der Waals surface area contributed by atoms with Crippen molar-refractivity contribution in [1.82, 2.24) is 20.0 Å². The second-order valence-electron chi connectivity index (χ2n) is 7.01. The maximum absolute atomic E-state index is 12.3. The number of hydrogen-bond donors (Lipinski definition) is 1. The van der Waals surface area contributed by atoms with Gasteiger partial charge in [0, 0.05) is 70.3 Å². The van der Waals surface area contributed by atoms with Crippen LogP contribution < -0.4 is 5.32 Å². The third kappa shape index (κ3) is 7.13. The van der Waals surface area contributed by atoms with Crippen molar-refractivity contribution in [1.29, 1.82) is 0 Å².